The summed E-state index contributed by atoms with van der Waals surface area (Å²) in [6.45, 7) is 3.72. The normalized spacial score (nSPS) is 10.4. The number of rotatable bonds is 8. The van der Waals surface area contributed by atoms with Crippen LogP contribution in [-0.4, -0.2) is 56.3 Å². The van der Waals surface area contributed by atoms with E-state index in [1.807, 2.05) is 6.92 Å². The highest BCUT2D eigenvalue weighted by Crippen LogP contribution is 2.16. The number of aryl methyl sites for hydroxylation is 1. The van der Waals surface area contributed by atoms with Crippen molar-refractivity contribution in [3.8, 4) is 0 Å². The largest absolute Gasteiger partial charge is 0.383 e. The number of nitrogens with one attached hydrogen (secondary N) is 1. The van der Waals surface area contributed by atoms with Gasteiger partial charge in [0.15, 0.2) is 0 Å². The smallest absolute Gasteiger partial charge is 0.257 e. The van der Waals surface area contributed by atoms with Crippen LogP contribution in [0.25, 0.3) is 0 Å². The van der Waals surface area contributed by atoms with Crippen molar-refractivity contribution in [2.75, 3.05) is 45.9 Å². The minimum Gasteiger partial charge on any atom is -0.383 e. The van der Waals surface area contributed by atoms with Crippen molar-refractivity contribution in [2.24, 2.45) is 5.84 Å². The Bertz CT molecular complexity index is 432. The molecule has 1 aromatic heterocycles. The fraction of sp³-hybridized carbons (Fsp3) is 0.538. The Morgan fingerprint density at radius 2 is 1.95 bits per heavy atom. The molecular formula is C13H22N4O3. The van der Waals surface area contributed by atoms with E-state index in [1.165, 1.54) is 6.20 Å². The van der Waals surface area contributed by atoms with Crippen molar-refractivity contribution < 1.29 is 14.3 Å². The van der Waals surface area contributed by atoms with Crippen LogP contribution in [0.3, 0.4) is 0 Å². The highest BCUT2D eigenvalue weighted by molar-refractivity contribution is 5.99. The van der Waals surface area contributed by atoms with Crippen LogP contribution in [0.4, 0.5) is 5.69 Å². The second-order valence-corrected chi connectivity index (χ2v) is 4.29. The Labute approximate surface area is 119 Å². The molecule has 3 N–H and O–H groups in total. The number of nitrogens with zero attached hydrogens (tertiary/aromatic N) is 2. The molecule has 1 rings (SSSR count). The van der Waals surface area contributed by atoms with Crippen molar-refractivity contribution in [1.29, 1.82) is 0 Å². The number of amides is 1. The van der Waals surface area contributed by atoms with Crippen LogP contribution >= 0.6 is 0 Å². The zero-order valence-electron chi connectivity index (χ0n) is 12.2. The van der Waals surface area contributed by atoms with Gasteiger partial charge >= 0.3 is 0 Å². The van der Waals surface area contributed by atoms with E-state index in [0.29, 0.717) is 37.6 Å². The third-order valence-corrected chi connectivity index (χ3v) is 2.84. The van der Waals surface area contributed by atoms with E-state index >= 15 is 0 Å². The molecule has 0 unspecified atom stereocenters. The molecule has 7 nitrogen and oxygen atoms in total. The van der Waals surface area contributed by atoms with Crippen molar-refractivity contribution in [3.05, 3.63) is 23.5 Å². The molecule has 0 atom stereocenters. The summed E-state index contributed by atoms with van der Waals surface area (Å²) in [6.07, 6.45) is 1.53. The van der Waals surface area contributed by atoms with Gasteiger partial charge in [-0.15, -0.1) is 0 Å². The number of methoxy groups -OCH3 is 2. The van der Waals surface area contributed by atoms with Gasteiger partial charge < -0.3 is 19.8 Å². The summed E-state index contributed by atoms with van der Waals surface area (Å²) in [5.74, 6) is 5.31. The number of anilines is 1. The third kappa shape index (κ3) is 4.44. The molecule has 0 aromatic carbocycles. The standard InChI is InChI=1S/C13H22N4O3/c1-10-8-12(16-14)11(9-15-10)13(18)17(4-6-19-2)5-7-20-3/h8-9H,4-7,14H2,1-3H3,(H,15,16). The molecule has 1 aromatic rings. The van der Waals surface area contributed by atoms with Crippen molar-refractivity contribution in [3.63, 3.8) is 0 Å². The minimum atomic E-state index is -0.153. The third-order valence-electron chi connectivity index (χ3n) is 2.84. The highest BCUT2D eigenvalue weighted by atomic mass is 16.5. The van der Waals surface area contributed by atoms with Crippen LogP contribution in [0.1, 0.15) is 16.1 Å². The van der Waals surface area contributed by atoms with E-state index in [9.17, 15) is 4.79 Å². The number of nitrogens with two attached hydrogens (primary N) is 1. The average Bonchev–Trinajstić information content (AvgIpc) is 2.46. The van der Waals surface area contributed by atoms with E-state index in [0.717, 1.165) is 5.69 Å². The van der Waals surface area contributed by atoms with Gasteiger partial charge in [0.2, 0.25) is 0 Å². The predicted octanol–water partition coefficient (Wildman–Crippen LogP) is 0.411. The Kier molecular flexibility index (Phi) is 6.92. The molecule has 0 saturated carbocycles. The van der Waals surface area contributed by atoms with Gasteiger partial charge in [-0.1, -0.05) is 0 Å². The van der Waals surface area contributed by atoms with Gasteiger partial charge in [0, 0.05) is 39.2 Å². The number of aromatic nitrogens is 1. The molecule has 0 saturated heterocycles. The summed E-state index contributed by atoms with van der Waals surface area (Å²) in [5.41, 5.74) is 4.31. The number of carbonyl (C=O) groups is 1. The maximum absolute atomic E-state index is 12.5. The van der Waals surface area contributed by atoms with Gasteiger partial charge in [-0.05, 0) is 13.0 Å². The molecule has 1 amide bonds. The van der Waals surface area contributed by atoms with Crippen LogP contribution in [0, 0.1) is 6.92 Å². The van der Waals surface area contributed by atoms with E-state index in [-0.39, 0.29) is 5.91 Å². The molecule has 1 heterocycles. The molecule has 0 aliphatic heterocycles. The zero-order valence-corrected chi connectivity index (χ0v) is 12.2. The second-order valence-electron chi connectivity index (χ2n) is 4.29. The molecule has 112 valence electrons. The van der Waals surface area contributed by atoms with Crippen LogP contribution < -0.4 is 11.3 Å². The first-order valence-corrected chi connectivity index (χ1v) is 6.34. The lowest BCUT2D eigenvalue weighted by molar-refractivity contribution is 0.0628. The van der Waals surface area contributed by atoms with Gasteiger partial charge in [0.1, 0.15) is 0 Å². The summed E-state index contributed by atoms with van der Waals surface area (Å²) in [5, 5.41) is 0. The van der Waals surface area contributed by atoms with E-state index < -0.39 is 0 Å². The van der Waals surface area contributed by atoms with Gasteiger partial charge in [-0.2, -0.15) is 0 Å². The van der Waals surface area contributed by atoms with Crippen molar-refractivity contribution in [2.45, 2.75) is 6.92 Å². The average molecular weight is 282 g/mol. The van der Waals surface area contributed by atoms with Crippen molar-refractivity contribution >= 4 is 11.6 Å². The lowest BCUT2D eigenvalue weighted by atomic mass is 10.2. The monoisotopic (exact) mass is 282 g/mol. The van der Waals surface area contributed by atoms with E-state index in [2.05, 4.69) is 10.4 Å². The summed E-state index contributed by atoms with van der Waals surface area (Å²) in [7, 11) is 3.19. The van der Waals surface area contributed by atoms with E-state index in [4.69, 9.17) is 15.3 Å². The quantitative estimate of drug-likeness (QED) is 0.530. The van der Waals surface area contributed by atoms with E-state index in [1.54, 1.807) is 25.2 Å². The predicted molar refractivity (Wildman–Crippen MR) is 76.4 cm³/mol. The summed E-state index contributed by atoms with van der Waals surface area (Å²) in [4.78, 5) is 18.3. The highest BCUT2D eigenvalue weighted by Gasteiger charge is 2.19. The number of pyridine rings is 1. The Balaban J connectivity index is 2.92. The van der Waals surface area contributed by atoms with Gasteiger partial charge in [-0.25, -0.2) is 0 Å². The molecular weight excluding hydrogens is 260 g/mol. The zero-order chi connectivity index (χ0) is 15.0. The molecule has 0 bridgehead atoms. The second kappa shape index (κ2) is 8.47. The Morgan fingerprint density at radius 1 is 1.35 bits per heavy atom. The molecule has 0 aliphatic carbocycles. The lowest BCUT2D eigenvalue weighted by Gasteiger charge is -2.23. The number of ether oxygens (including phenoxy) is 2. The number of hydrogen-bond donors (Lipinski definition) is 2. The molecule has 7 heteroatoms. The summed E-state index contributed by atoms with van der Waals surface area (Å²) >= 11 is 0. The number of hydrazine groups is 1. The molecule has 0 aliphatic rings. The Morgan fingerprint density at radius 3 is 2.45 bits per heavy atom. The maximum Gasteiger partial charge on any atom is 0.257 e. The lowest BCUT2D eigenvalue weighted by Crippen LogP contribution is -2.37. The molecule has 0 spiro atoms. The first-order chi connectivity index (χ1) is 9.63. The summed E-state index contributed by atoms with van der Waals surface area (Å²) < 4.78 is 10.0. The fourth-order valence-electron chi connectivity index (χ4n) is 1.74. The molecule has 20 heavy (non-hydrogen) atoms. The minimum absolute atomic E-state index is 0.153. The number of carbonyl (C=O) groups excluding carboxylic acids is 1. The first kappa shape index (κ1) is 16.4. The molecule has 0 fully saturated rings. The number of hydrogen-bond acceptors (Lipinski definition) is 6. The van der Waals surface area contributed by atoms with Crippen LogP contribution in [0.15, 0.2) is 12.3 Å². The summed E-state index contributed by atoms with van der Waals surface area (Å²) in [6, 6.07) is 1.73. The molecule has 0 radical (unpaired) electrons. The van der Waals surface area contributed by atoms with Gasteiger partial charge in [0.05, 0.1) is 24.5 Å². The van der Waals surface area contributed by atoms with Crippen molar-refractivity contribution in [1.82, 2.24) is 9.88 Å². The fourth-order valence-corrected chi connectivity index (χ4v) is 1.74. The maximum atomic E-state index is 12.5. The topological polar surface area (TPSA) is 89.7 Å². The SMILES string of the molecule is COCCN(CCOC)C(=O)c1cnc(C)cc1NN. The first-order valence-electron chi connectivity index (χ1n) is 6.34. The van der Waals surface area contributed by atoms with Crippen LogP contribution in [0.2, 0.25) is 0 Å². The number of nitrogen functional groups attached to an aromatic ring is 1. The Hall–Kier alpha value is -1.70. The van der Waals surface area contributed by atoms with Crippen LogP contribution in [0.5, 0.6) is 0 Å². The van der Waals surface area contributed by atoms with Crippen LogP contribution in [-0.2, 0) is 9.47 Å². The van der Waals surface area contributed by atoms with Gasteiger partial charge in [0.25, 0.3) is 5.91 Å². The van der Waals surface area contributed by atoms with Gasteiger partial charge in [-0.3, -0.25) is 15.6 Å².